The highest BCUT2D eigenvalue weighted by molar-refractivity contribution is 5.49. The molecule has 1 aromatic rings. The smallest absolute Gasteiger partial charge is 0.168 e. The van der Waals surface area contributed by atoms with Gasteiger partial charge in [0, 0.05) is 18.2 Å². The third-order valence-electron chi connectivity index (χ3n) is 3.15. The van der Waals surface area contributed by atoms with Gasteiger partial charge >= 0.3 is 0 Å². The van der Waals surface area contributed by atoms with E-state index in [9.17, 15) is 8.78 Å². The first-order valence-corrected chi connectivity index (χ1v) is 5.92. The fourth-order valence-electron chi connectivity index (χ4n) is 1.96. The molecular weight excluding hydrogens is 224 g/mol. The average molecular weight is 241 g/mol. The largest absolute Gasteiger partial charge is 0.368 e. The zero-order valence-electron chi connectivity index (χ0n) is 10.1. The Morgan fingerprint density at radius 1 is 1.29 bits per heavy atom. The summed E-state index contributed by atoms with van der Waals surface area (Å²) < 4.78 is 26.9. The summed E-state index contributed by atoms with van der Waals surface area (Å²) in [6.07, 6.45) is 3.11. The van der Waals surface area contributed by atoms with Crippen LogP contribution in [0.2, 0.25) is 0 Å². The van der Waals surface area contributed by atoms with Crippen molar-refractivity contribution in [3.8, 4) is 0 Å². The van der Waals surface area contributed by atoms with Crippen LogP contribution in [-0.4, -0.2) is 17.1 Å². The molecule has 1 fully saturated rings. The van der Waals surface area contributed by atoms with Crippen molar-refractivity contribution in [3.63, 3.8) is 0 Å². The Bertz CT molecular complexity index is 416. The highest BCUT2D eigenvalue weighted by Crippen LogP contribution is 2.35. The lowest BCUT2D eigenvalue weighted by Crippen LogP contribution is -2.42. The van der Waals surface area contributed by atoms with Crippen LogP contribution in [0.4, 0.5) is 20.4 Å². The summed E-state index contributed by atoms with van der Waals surface area (Å²) in [6, 6.07) is 0.870. The van der Waals surface area contributed by atoms with Crippen molar-refractivity contribution >= 4 is 11.6 Å². The minimum Gasteiger partial charge on any atom is -0.368 e. The topological polar surface area (TPSA) is 37.0 Å². The highest BCUT2D eigenvalue weighted by atomic mass is 19.1. The molecule has 0 atom stereocenters. The number of rotatable bonds is 4. The maximum atomic E-state index is 13.6. The number of hydrogen-bond donors (Lipinski definition) is 2. The number of nitrogens with zero attached hydrogens (tertiary/aromatic N) is 1. The van der Waals surface area contributed by atoms with Crippen molar-refractivity contribution in [2.45, 2.75) is 38.6 Å². The molecule has 1 aliphatic carbocycles. The second kappa shape index (κ2) is 4.47. The molecule has 1 aromatic heterocycles. The van der Waals surface area contributed by atoms with E-state index in [2.05, 4.69) is 15.6 Å². The van der Waals surface area contributed by atoms with E-state index in [0.29, 0.717) is 6.54 Å². The second-order valence-electron chi connectivity index (χ2n) is 4.72. The van der Waals surface area contributed by atoms with Gasteiger partial charge in [-0.05, 0) is 33.1 Å². The maximum absolute atomic E-state index is 13.6. The molecule has 0 saturated heterocycles. The van der Waals surface area contributed by atoms with Gasteiger partial charge in [0.15, 0.2) is 23.3 Å². The van der Waals surface area contributed by atoms with Crippen molar-refractivity contribution in [1.29, 1.82) is 0 Å². The fourth-order valence-corrected chi connectivity index (χ4v) is 1.96. The van der Waals surface area contributed by atoms with E-state index in [4.69, 9.17) is 0 Å². The molecule has 0 radical (unpaired) electrons. The third kappa shape index (κ3) is 2.48. The molecule has 0 amide bonds. The van der Waals surface area contributed by atoms with Crippen molar-refractivity contribution in [3.05, 3.63) is 17.7 Å². The molecule has 2 rings (SSSR count). The zero-order valence-corrected chi connectivity index (χ0v) is 10.1. The zero-order chi connectivity index (χ0) is 12.5. The van der Waals surface area contributed by atoms with Crippen molar-refractivity contribution in [2.24, 2.45) is 0 Å². The molecule has 2 N–H and O–H groups in total. The first kappa shape index (κ1) is 12.1. The summed E-state index contributed by atoms with van der Waals surface area (Å²) in [6.45, 7) is 4.41. The summed E-state index contributed by atoms with van der Waals surface area (Å²) in [4.78, 5) is 3.96. The number of anilines is 2. The van der Waals surface area contributed by atoms with E-state index in [0.717, 1.165) is 25.3 Å². The van der Waals surface area contributed by atoms with Gasteiger partial charge in [-0.25, -0.2) is 13.8 Å². The van der Waals surface area contributed by atoms with Gasteiger partial charge in [0.2, 0.25) is 0 Å². The quantitative estimate of drug-likeness (QED) is 0.850. The number of pyridine rings is 1. The van der Waals surface area contributed by atoms with Gasteiger partial charge in [0.1, 0.15) is 0 Å². The lowest BCUT2D eigenvalue weighted by Gasteiger charge is -2.39. The molecule has 0 aromatic carbocycles. The normalized spacial score (nSPS) is 17.4. The molecule has 1 saturated carbocycles. The molecule has 94 valence electrons. The lowest BCUT2D eigenvalue weighted by atomic mass is 9.78. The van der Waals surface area contributed by atoms with Gasteiger partial charge in [-0.3, -0.25) is 0 Å². The first-order valence-electron chi connectivity index (χ1n) is 5.92. The Morgan fingerprint density at radius 3 is 2.47 bits per heavy atom. The molecule has 3 nitrogen and oxygen atoms in total. The van der Waals surface area contributed by atoms with Crippen LogP contribution < -0.4 is 10.6 Å². The standard InChI is InChI=1S/C12H17F2N3/c1-3-15-10-8(13)7-9(14)11(16-10)17-12(2)5-4-6-12/h7H,3-6H2,1-2H3,(H2,15,16,17). The van der Waals surface area contributed by atoms with Crippen LogP contribution in [0.15, 0.2) is 6.07 Å². The van der Waals surface area contributed by atoms with Crippen LogP contribution in [0.1, 0.15) is 33.1 Å². The van der Waals surface area contributed by atoms with E-state index in [-0.39, 0.29) is 17.2 Å². The molecule has 0 spiro atoms. The van der Waals surface area contributed by atoms with Gasteiger partial charge in [-0.15, -0.1) is 0 Å². The lowest BCUT2D eigenvalue weighted by molar-refractivity contribution is 0.304. The number of aromatic nitrogens is 1. The van der Waals surface area contributed by atoms with E-state index < -0.39 is 11.6 Å². The molecular formula is C12H17F2N3. The van der Waals surface area contributed by atoms with Gasteiger partial charge in [-0.1, -0.05) is 0 Å². The van der Waals surface area contributed by atoms with E-state index in [1.165, 1.54) is 0 Å². The van der Waals surface area contributed by atoms with E-state index >= 15 is 0 Å². The molecule has 5 heteroatoms. The highest BCUT2D eigenvalue weighted by Gasteiger charge is 2.32. The Morgan fingerprint density at radius 2 is 1.94 bits per heavy atom. The predicted octanol–water partition coefficient (Wildman–Crippen LogP) is 3.15. The molecule has 0 bridgehead atoms. The SMILES string of the molecule is CCNc1nc(NC2(C)CCC2)c(F)cc1F. The average Bonchev–Trinajstić information content (AvgIpc) is 2.23. The number of nitrogens with one attached hydrogen (secondary N) is 2. The van der Waals surface area contributed by atoms with Gasteiger partial charge < -0.3 is 10.6 Å². The van der Waals surface area contributed by atoms with E-state index in [1.54, 1.807) is 0 Å². The van der Waals surface area contributed by atoms with Gasteiger partial charge in [0.25, 0.3) is 0 Å². The Balaban J connectivity index is 2.23. The minimum absolute atomic E-state index is 0.0966. The van der Waals surface area contributed by atoms with Crippen molar-refractivity contribution in [1.82, 2.24) is 4.98 Å². The van der Waals surface area contributed by atoms with Crippen LogP contribution in [-0.2, 0) is 0 Å². The van der Waals surface area contributed by atoms with Crippen LogP contribution >= 0.6 is 0 Å². The number of hydrogen-bond acceptors (Lipinski definition) is 3. The van der Waals surface area contributed by atoms with Crippen molar-refractivity contribution in [2.75, 3.05) is 17.2 Å². The third-order valence-corrected chi connectivity index (χ3v) is 3.15. The molecule has 1 heterocycles. The predicted molar refractivity (Wildman–Crippen MR) is 64.2 cm³/mol. The molecule has 0 aliphatic heterocycles. The van der Waals surface area contributed by atoms with Crippen LogP contribution in [0.25, 0.3) is 0 Å². The molecule has 1 aliphatic rings. The van der Waals surface area contributed by atoms with Gasteiger partial charge in [-0.2, -0.15) is 0 Å². The first-order chi connectivity index (χ1) is 8.04. The summed E-state index contributed by atoms with van der Waals surface area (Å²) >= 11 is 0. The molecule has 17 heavy (non-hydrogen) atoms. The summed E-state index contributed by atoms with van der Waals surface area (Å²) in [5.74, 6) is -1.07. The van der Waals surface area contributed by atoms with Crippen LogP contribution in [0, 0.1) is 11.6 Å². The van der Waals surface area contributed by atoms with Crippen molar-refractivity contribution < 1.29 is 8.78 Å². The monoisotopic (exact) mass is 241 g/mol. The summed E-state index contributed by atoms with van der Waals surface area (Å²) in [5.41, 5.74) is -0.102. The Labute approximate surface area is 99.6 Å². The second-order valence-corrected chi connectivity index (χ2v) is 4.72. The summed E-state index contributed by atoms with van der Waals surface area (Å²) in [5, 5.41) is 5.83. The maximum Gasteiger partial charge on any atom is 0.168 e. The van der Waals surface area contributed by atoms with Crippen LogP contribution in [0.3, 0.4) is 0 Å². The van der Waals surface area contributed by atoms with Gasteiger partial charge in [0.05, 0.1) is 0 Å². The summed E-state index contributed by atoms with van der Waals surface area (Å²) in [7, 11) is 0. The van der Waals surface area contributed by atoms with Crippen LogP contribution in [0.5, 0.6) is 0 Å². The molecule has 0 unspecified atom stereocenters. The van der Waals surface area contributed by atoms with E-state index in [1.807, 2.05) is 13.8 Å². The minimum atomic E-state index is -0.659. The fraction of sp³-hybridized carbons (Fsp3) is 0.583. The Kier molecular flexibility index (Phi) is 3.17. The Hall–Kier alpha value is -1.39. The number of halogens is 2.